The highest BCUT2D eigenvalue weighted by Gasteiger charge is 2.25. The summed E-state index contributed by atoms with van der Waals surface area (Å²) in [6.07, 6.45) is 0. The molecule has 26 heavy (non-hydrogen) atoms. The molecule has 0 bridgehead atoms. The van der Waals surface area contributed by atoms with Crippen molar-refractivity contribution in [3.05, 3.63) is 41.0 Å². The highest BCUT2D eigenvalue weighted by molar-refractivity contribution is 7.97. The molecule has 0 aromatic carbocycles. The summed E-state index contributed by atoms with van der Waals surface area (Å²) in [5.74, 6) is 3.64. The first-order valence-electron chi connectivity index (χ1n) is 8.10. The lowest BCUT2D eigenvalue weighted by molar-refractivity contribution is 0.190. The summed E-state index contributed by atoms with van der Waals surface area (Å²) in [7, 11) is 2.09. The van der Waals surface area contributed by atoms with Crippen LogP contribution in [0.5, 0.6) is 0 Å². The fraction of sp³-hybridized carbons (Fsp3) is 0.438. The first kappa shape index (κ1) is 19.4. The molecule has 4 heterocycles. The average Bonchev–Trinajstić information content (AvgIpc) is 3.37. The molecule has 0 aliphatic carbocycles. The van der Waals surface area contributed by atoms with E-state index in [0.717, 1.165) is 47.5 Å². The number of hydrogen-bond acceptors (Lipinski definition) is 9. The van der Waals surface area contributed by atoms with Crippen molar-refractivity contribution in [3.8, 4) is 10.6 Å². The van der Waals surface area contributed by atoms with Gasteiger partial charge in [-0.15, -0.1) is 35.5 Å². The third kappa shape index (κ3) is 4.47. The van der Waals surface area contributed by atoms with Crippen molar-refractivity contribution < 1.29 is 9.05 Å². The quantitative estimate of drug-likeness (QED) is 0.659. The molecule has 0 radical (unpaired) electrons. The van der Waals surface area contributed by atoms with E-state index >= 15 is 0 Å². The molecule has 0 saturated carbocycles. The fourth-order valence-electron chi connectivity index (χ4n) is 2.71. The third-order valence-electron chi connectivity index (χ3n) is 4.09. The number of aromatic nitrogens is 3. The Labute approximate surface area is 165 Å². The van der Waals surface area contributed by atoms with Crippen molar-refractivity contribution in [1.82, 2.24) is 25.5 Å². The van der Waals surface area contributed by atoms with Gasteiger partial charge in [0.1, 0.15) is 0 Å². The smallest absolute Gasteiger partial charge is 0.236 e. The van der Waals surface area contributed by atoms with Gasteiger partial charge in [-0.2, -0.15) is 4.98 Å². The Bertz CT molecular complexity index is 807. The van der Waals surface area contributed by atoms with Crippen molar-refractivity contribution in [1.29, 1.82) is 0 Å². The molecule has 140 valence electrons. The fourth-order valence-corrected chi connectivity index (χ4v) is 4.13. The lowest BCUT2D eigenvalue weighted by atomic mass is 10.2. The minimum absolute atomic E-state index is 0. The Kier molecular flexibility index (Phi) is 6.71. The number of nitrogens with one attached hydrogen (secondary N) is 1. The van der Waals surface area contributed by atoms with Crippen LogP contribution in [0, 0.1) is 0 Å². The van der Waals surface area contributed by atoms with Crippen LogP contribution in [0.15, 0.2) is 32.6 Å². The maximum absolute atomic E-state index is 5.39. The van der Waals surface area contributed by atoms with E-state index in [-0.39, 0.29) is 18.4 Å². The molecule has 1 atom stereocenters. The van der Waals surface area contributed by atoms with Crippen LogP contribution in [0.2, 0.25) is 0 Å². The van der Waals surface area contributed by atoms with Crippen molar-refractivity contribution in [2.24, 2.45) is 0 Å². The van der Waals surface area contributed by atoms with Gasteiger partial charge in [0.25, 0.3) is 0 Å². The van der Waals surface area contributed by atoms with Gasteiger partial charge < -0.3 is 14.4 Å². The molecule has 1 saturated heterocycles. The zero-order chi connectivity index (χ0) is 17.1. The maximum atomic E-state index is 5.39. The molecule has 1 aliphatic rings. The molecule has 1 aliphatic heterocycles. The molecule has 10 heteroatoms. The van der Waals surface area contributed by atoms with Gasteiger partial charge in [-0.25, -0.2) is 0 Å². The van der Waals surface area contributed by atoms with Crippen LogP contribution in [0.3, 0.4) is 0 Å². The zero-order valence-electron chi connectivity index (χ0n) is 14.3. The number of hydrogen-bond donors (Lipinski definition) is 1. The van der Waals surface area contributed by atoms with Gasteiger partial charge in [0, 0.05) is 31.5 Å². The number of thiophene rings is 1. The summed E-state index contributed by atoms with van der Waals surface area (Å²) < 4.78 is 10.8. The standard InChI is InChI=1S/C16H19N5O2S2.ClH/c1-21-5-4-17-8-12(21)16-18-15(23-20-16)10-24-9-11-7-13(22-19-11)14-3-2-6-25-14;/h2-3,6-7,12,17H,4-5,8-10H2,1H3;1H. The van der Waals surface area contributed by atoms with E-state index in [2.05, 4.69) is 32.6 Å². The Hall–Kier alpha value is -1.39. The highest BCUT2D eigenvalue weighted by Crippen LogP contribution is 2.27. The Morgan fingerprint density at radius 3 is 3.08 bits per heavy atom. The van der Waals surface area contributed by atoms with Crippen LogP contribution in [-0.4, -0.2) is 46.9 Å². The molecule has 4 rings (SSSR count). The molecule has 7 nitrogen and oxygen atoms in total. The summed E-state index contributed by atoms with van der Waals surface area (Å²) >= 11 is 3.33. The molecule has 1 N–H and O–H groups in total. The topological polar surface area (TPSA) is 80.2 Å². The maximum Gasteiger partial charge on any atom is 0.236 e. The molecule has 0 spiro atoms. The summed E-state index contributed by atoms with van der Waals surface area (Å²) in [4.78, 5) is 7.88. The molecule has 3 aromatic rings. The summed E-state index contributed by atoms with van der Waals surface area (Å²) in [5.41, 5.74) is 0.921. The summed E-state index contributed by atoms with van der Waals surface area (Å²) in [6.45, 7) is 2.84. The van der Waals surface area contributed by atoms with Crippen LogP contribution >= 0.6 is 35.5 Å². The molecule has 3 aromatic heterocycles. The zero-order valence-corrected chi connectivity index (χ0v) is 16.7. The lowest BCUT2D eigenvalue weighted by Crippen LogP contribution is -2.44. The number of halogens is 1. The van der Waals surface area contributed by atoms with E-state index in [4.69, 9.17) is 9.05 Å². The van der Waals surface area contributed by atoms with E-state index < -0.39 is 0 Å². The van der Waals surface area contributed by atoms with Gasteiger partial charge >= 0.3 is 0 Å². The minimum Gasteiger partial charge on any atom is -0.355 e. The number of rotatable bonds is 6. The molecular formula is C16H20ClN5O2S2. The minimum atomic E-state index is 0. The van der Waals surface area contributed by atoms with Crippen LogP contribution in [-0.2, 0) is 11.5 Å². The Morgan fingerprint density at radius 2 is 2.27 bits per heavy atom. The van der Waals surface area contributed by atoms with E-state index in [1.54, 1.807) is 23.1 Å². The number of nitrogens with zero attached hydrogens (tertiary/aromatic N) is 4. The first-order valence-corrected chi connectivity index (χ1v) is 10.1. The highest BCUT2D eigenvalue weighted by atomic mass is 35.5. The number of piperazine rings is 1. The number of likely N-dealkylation sites (N-methyl/N-ethyl adjacent to an activating group) is 1. The largest absolute Gasteiger partial charge is 0.355 e. The Morgan fingerprint density at radius 1 is 1.35 bits per heavy atom. The second-order valence-corrected chi connectivity index (χ2v) is 7.83. The predicted octanol–water partition coefficient (Wildman–Crippen LogP) is 3.22. The van der Waals surface area contributed by atoms with E-state index in [0.29, 0.717) is 11.6 Å². The SMILES string of the molecule is CN1CCNCC1c1noc(CSCc2cc(-c3cccs3)on2)n1.Cl. The van der Waals surface area contributed by atoms with E-state index in [9.17, 15) is 0 Å². The van der Waals surface area contributed by atoms with Gasteiger partial charge in [0.2, 0.25) is 5.89 Å². The van der Waals surface area contributed by atoms with Crippen molar-refractivity contribution >= 4 is 35.5 Å². The second-order valence-electron chi connectivity index (χ2n) is 5.90. The van der Waals surface area contributed by atoms with Gasteiger partial charge in [-0.1, -0.05) is 16.4 Å². The monoisotopic (exact) mass is 413 g/mol. The molecule has 0 amide bonds. The molecule has 1 fully saturated rings. The third-order valence-corrected chi connectivity index (χ3v) is 5.93. The summed E-state index contributed by atoms with van der Waals surface area (Å²) in [6, 6.07) is 6.20. The van der Waals surface area contributed by atoms with Crippen LogP contribution in [0.25, 0.3) is 10.6 Å². The first-order chi connectivity index (χ1) is 12.3. The predicted molar refractivity (Wildman–Crippen MR) is 105 cm³/mol. The van der Waals surface area contributed by atoms with Crippen LogP contribution in [0.4, 0.5) is 0 Å². The lowest BCUT2D eigenvalue weighted by Gasteiger charge is -2.30. The van der Waals surface area contributed by atoms with Gasteiger partial charge in [0.05, 0.1) is 22.4 Å². The Balaban J connectivity index is 0.00000196. The van der Waals surface area contributed by atoms with E-state index in [1.807, 2.05) is 23.6 Å². The van der Waals surface area contributed by atoms with Crippen molar-refractivity contribution in [2.75, 3.05) is 26.7 Å². The summed E-state index contributed by atoms with van der Waals surface area (Å²) in [5, 5.41) is 13.7. The van der Waals surface area contributed by atoms with Gasteiger partial charge in [0.15, 0.2) is 11.6 Å². The van der Waals surface area contributed by atoms with Crippen LogP contribution < -0.4 is 5.32 Å². The molecule has 1 unspecified atom stereocenters. The van der Waals surface area contributed by atoms with Crippen molar-refractivity contribution in [3.63, 3.8) is 0 Å². The van der Waals surface area contributed by atoms with Gasteiger partial charge in [-0.05, 0) is 18.5 Å². The normalized spacial score (nSPS) is 18.0. The van der Waals surface area contributed by atoms with Crippen molar-refractivity contribution in [2.45, 2.75) is 17.5 Å². The molecular weight excluding hydrogens is 394 g/mol. The van der Waals surface area contributed by atoms with Gasteiger partial charge in [-0.3, -0.25) is 4.90 Å². The average molecular weight is 414 g/mol. The van der Waals surface area contributed by atoms with E-state index in [1.165, 1.54) is 0 Å². The second kappa shape index (κ2) is 9.01. The van der Waals surface area contributed by atoms with Crippen LogP contribution in [0.1, 0.15) is 23.5 Å². The number of thioether (sulfide) groups is 1.